The fraction of sp³-hybridized carbons (Fsp3) is 0.0625. The van der Waals surface area contributed by atoms with Crippen molar-refractivity contribution in [2.45, 2.75) is 10.9 Å². The number of hydrogen-bond acceptors (Lipinski definition) is 6. The number of thioether (sulfide) groups is 1. The zero-order valence-corrected chi connectivity index (χ0v) is 15.0. The number of fused-ring (bicyclic) bond motifs is 1. The van der Waals surface area contributed by atoms with Gasteiger partial charge in [0.15, 0.2) is 16.5 Å². The zero-order chi connectivity index (χ0) is 19.0. The van der Waals surface area contributed by atoms with E-state index in [0.29, 0.717) is 10.6 Å². The fourth-order valence-corrected chi connectivity index (χ4v) is 3.51. The minimum atomic E-state index is -0.453. The van der Waals surface area contributed by atoms with Gasteiger partial charge in [-0.25, -0.2) is 13.9 Å². The molecule has 0 atom stereocenters. The largest absolute Gasteiger partial charge is 0.324 e. The Morgan fingerprint density at radius 2 is 2.11 bits per heavy atom. The molecule has 11 heteroatoms. The predicted molar refractivity (Wildman–Crippen MR) is 98.0 cm³/mol. The van der Waals surface area contributed by atoms with Crippen LogP contribution in [0.5, 0.6) is 0 Å². The Hall–Kier alpha value is -2.98. The Morgan fingerprint density at radius 1 is 1.26 bits per heavy atom. The fourth-order valence-electron chi connectivity index (χ4n) is 2.39. The highest BCUT2D eigenvalue weighted by Crippen LogP contribution is 2.24. The van der Waals surface area contributed by atoms with Crippen LogP contribution in [0.3, 0.4) is 0 Å². The molecule has 4 aromatic rings. The standard InChI is InChI=1S/C16H10ClFN6O2S/c17-10-2-1-9(11(18)5-10)8-27-16-22-24-12(3-4-21-24)15(26)23(16)13-6-20-14(25)7-19-13/h1-7H,8H2,(H,20,25). The van der Waals surface area contributed by atoms with E-state index in [1.165, 1.54) is 33.7 Å². The molecule has 0 spiro atoms. The second-order valence-corrected chi connectivity index (χ2v) is 6.80. The quantitative estimate of drug-likeness (QED) is 0.523. The third-order valence-electron chi connectivity index (χ3n) is 3.68. The molecule has 0 amide bonds. The molecule has 0 radical (unpaired) electrons. The van der Waals surface area contributed by atoms with E-state index in [1.54, 1.807) is 12.1 Å². The molecule has 0 aliphatic rings. The van der Waals surface area contributed by atoms with Gasteiger partial charge < -0.3 is 4.98 Å². The molecule has 0 aliphatic heterocycles. The molecule has 3 aromatic heterocycles. The summed E-state index contributed by atoms with van der Waals surface area (Å²) in [5, 5.41) is 8.83. The third kappa shape index (κ3) is 3.36. The molecule has 0 fully saturated rings. The Labute approximate surface area is 159 Å². The van der Waals surface area contributed by atoms with Gasteiger partial charge in [-0.2, -0.15) is 5.10 Å². The second kappa shape index (κ2) is 6.97. The van der Waals surface area contributed by atoms with Crippen LogP contribution in [-0.4, -0.2) is 29.4 Å². The lowest BCUT2D eigenvalue weighted by Gasteiger charge is -2.11. The van der Waals surface area contributed by atoms with E-state index in [1.807, 2.05) is 0 Å². The molecule has 0 bridgehead atoms. The summed E-state index contributed by atoms with van der Waals surface area (Å²) in [5.74, 6) is -0.0629. The van der Waals surface area contributed by atoms with Crippen molar-refractivity contribution in [3.8, 4) is 5.82 Å². The Kier molecular flexibility index (Phi) is 4.50. The maximum absolute atomic E-state index is 14.0. The van der Waals surface area contributed by atoms with Gasteiger partial charge in [0.1, 0.15) is 5.82 Å². The van der Waals surface area contributed by atoms with E-state index in [-0.39, 0.29) is 22.2 Å². The summed E-state index contributed by atoms with van der Waals surface area (Å²) in [6.07, 6.45) is 3.82. The van der Waals surface area contributed by atoms with Gasteiger partial charge in [-0.05, 0) is 23.8 Å². The second-order valence-electron chi connectivity index (χ2n) is 5.42. The lowest BCUT2D eigenvalue weighted by molar-refractivity contribution is 0.616. The van der Waals surface area contributed by atoms with Gasteiger partial charge >= 0.3 is 0 Å². The van der Waals surface area contributed by atoms with Crippen molar-refractivity contribution in [1.82, 2.24) is 29.4 Å². The van der Waals surface area contributed by atoms with Gasteiger partial charge in [0.2, 0.25) is 0 Å². The average molecular weight is 405 g/mol. The molecule has 1 N–H and O–H groups in total. The van der Waals surface area contributed by atoms with Gasteiger partial charge in [-0.15, -0.1) is 9.73 Å². The number of aromatic amines is 1. The number of nitrogens with one attached hydrogen (secondary N) is 1. The number of halogens is 2. The van der Waals surface area contributed by atoms with Gasteiger partial charge in [0.05, 0.1) is 12.4 Å². The van der Waals surface area contributed by atoms with Crippen LogP contribution in [0.25, 0.3) is 11.3 Å². The highest BCUT2D eigenvalue weighted by atomic mass is 35.5. The van der Waals surface area contributed by atoms with Crippen molar-refractivity contribution < 1.29 is 4.39 Å². The minimum Gasteiger partial charge on any atom is -0.324 e. The Bertz CT molecular complexity index is 1250. The number of rotatable bonds is 4. The molecule has 27 heavy (non-hydrogen) atoms. The molecule has 0 saturated carbocycles. The normalized spacial score (nSPS) is 11.2. The van der Waals surface area contributed by atoms with E-state index < -0.39 is 16.9 Å². The predicted octanol–water partition coefficient (Wildman–Crippen LogP) is 2.05. The molecule has 8 nitrogen and oxygen atoms in total. The number of aromatic nitrogens is 6. The highest BCUT2D eigenvalue weighted by Gasteiger charge is 2.16. The maximum atomic E-state index is 14.0. The molecule has 0 aliphatic carbocycles. The first-order chi connectivity index (χ1) is 13.0. The van der Waals surface area contributed by atoms with Gasteiger partial charge in [-0.3, -0.25) is 9.59 Å². The molecule has 0 unspecified atom stereocenters. The van der Waals surface area contributed by atoms with E-state index >= 15 is 0 Å². The minimum absolute atomic E-state index is 0.190. The Balaban J connectivity index is 1.81. The van der Waals surface area contributed by atoms with E-state index in [9.17, 15) is 14.0 Å². The molecule has 136 valence electrons. The van der Waals surface area contributed by atoms with Crippen LogP contribution in [0.2, 0.25) is 5.02 Å². The van der Waals surface area contributed by atoms with E-state index in [4.69, 9.17) is 11.6 Å². The van der Waals surface area contributed by atoms with Gasteiger partial charge in [0, 0.05) is 17.0 Å². The van der Waals surface area contributed by atoms with Crippen molar-refractivity contribution in [3.05, 3.63) is 80.0 Å². The zero-order valence-electron chi connectivity index (χ0n) is 13.5. The van der Waals surface area contributed by atoms with Gasteiger partial charge in [0.25, 0.3) is 11.1 Å². The van der Waals surface area contributed by atoms with Crippen molar-refractivity contribution in [1.29, 1.82) is 0 Å². The molecule has 4 rings (SSSR count). The summed E-state index contributed by atoms with van der Waals surface area (Å²) in [5.41, 5.74) is -0.172. The van der Waals surface area contributed by atoms with Crippen LogP contribution in [-0.2, 0) is 5.75 Å². The number of H-pyrrole nitrogens is 1. The summed E-state index contributed by atoms with van der Waals surface area (Å²) >= 11 is 6.90. The topological polar surface area (TPSA) is 97.9 Å². The number of hydrogen-bond donors (Lipinski definition) is 1. The van der Waals surface area contributed by atoms with Crippen molar-refractivity contribution >= 4 is 28.9 Å². The molecular formula is C16H10ClFN6O2S. The van der Waals surface area contributed by atoms with Crippen molar-refractivity contribution in [2.24, 2.45) is 0 Å². The summed E-state index contributed by atoms with van der Waals surface area (Å²) in [7, 11) is 0. The third-order valence-corrected chi connectivity index (χ3v) is 4.89. The van der Waals surface area contributed by atoms with Crippen LogP contribution in [0.1, 0.15) is 5.56 Å². The summed E-state index contributed by atoms with van der Waals surface area (Å²) in [6, 6.07) is 5.89. The summed E-state index contributed by atoms with van der Waals surface area (Å²) in [6.45, 7) is 0. The SMILES string of the molecule is O=c1cnc(-n2c(SCc3ccc(Cl)cc3F)nn3nccc3c2=O)c[nH]1. The van der Waals surface area contributed by atoms with Crippen LogP contribution in [0.4, 0.5) is 4.39 Å². The summed E-state index contributed by atoms with van der Waals surface area (Å²) < 4.78 is 16.5. The molecular weight excluding hydrogens is 395 g/mol. The van der Waals surface area contributed by atoms with Crippen LogP contribution in [0.15, 0.2) is 57.6 Å². The first-order valence-corrected chi connectivity index (χ1v) is 8.98. The van der Waals surface area contributed by atoms with E-state index in [0.717, 1.165) is 18.0 Å². The van der Waals surface area contributed by atoms with E-state index in [2.05, 4.69) is 20.2 Å². The Morgan fingerprint density at radius 3 is 2.85 bits per heavy atom. The number of benzene rings is 1. The monoisotopic (exact) mass is 404 g/mol. The molecule has 1 aromatic carbocycles. The lowest BCUT2D eigenvalue weighted by Crippen LogP contribution is -2.26. The molecule has 0 saturated heterocycles. The average Bonchev–Trinajstić information content (AvgIpc) is 3.11. The van der Waals surface area contributed by atoms with Crippen LogP contribution >= 0.6 is 23.4 Å². The number of nitrogens with zero attached hydrogens (tertiary/aromatic N) is 5. The smallest absolute Gasteiger partial charge is 0.286 e. The maximum Gasteiger partial charge on any atom is 0.286 e. The van der Waals surface area contributed by atoms with Crippen molar-refractivity contribution in [3.63, 3.8) is 0 Å². The molecule has 3 heterocycles. The lowest BCUT2D eigenvalue weighted by atomic mass is 10.2. The highest BCUT2D eigenvalue weighted by molar-refractivity contribution is 7.98. The van der Waals surface area contributed by atoms with Crippen LogP contribution in [0, 0.1) is 5.82 Å². The first kappa shape index (κ1) is 17.4. The summed E-state index contributed by atoms with van der Waals surface area (Å²) in [4.78, 5) is 30.6. The van der Waals surface area contributed by atoms with Crippen LogP contribution < -0.4 is 11.1 Å². The van der Waals surface area contributed by atoms with Crippen molar-refractivity contribution in [2.75, 3.05) is 0 Å². The first-order valence-electron chi connectivity index (χ1n) is 7.62. The van der Waals surface area contributed by atoms with Gasteiger partial charge in [-0.1, -0.05) is 29.4 Å².